The maximum absolute atomic E-state index is 14.9. The van der Waals surface area contributed by atoms with Gasteiger partial charge in [-0.3, -0.25) is 14.4 Å². The fourth-order valence-electron chi connectivity index (χ4n) is 5.50. The van der Waals surface area contributed by atoms with Gasteiger partial charge in [0.1, 0.15) is 18.4 Å². The second-order valence-corrected chi connectivity index (χ2v) is 11.1. The largest absolute Gasteiger partial charge is 0.342 e. The van der Waals surface area contributed by atoms with Crippen LogP contribution >= 0.6 is 11.3 Å². The molecule has 10 heteroatoms. The number of rotatable bonds is 7. The van der Waals surface area contributed by atoms with Gasteiger partial charge in [0.25, 0.3) is 5.91 Å². The van der Waals surface area contributed by atoms with E-state index in [1.165, 1.54) is 17.4 Å². The molecule has 194 valence electrons. The number of halogens is 1. The summed E-state index contributed by atoms with van der Waals surface area (Å²) in [5.41, 5.74) is 1.86. The lowest BCUT2D eigenvalue weighted by atomic mass is 9.98. The molecule has 2 saturated heterocycles. The van der Waals surface area contributed by atoms with Crippen molar-refractivity contribution in [3.05, 3.63) is 45.9 Å². The molecule has 1 aromatic heterocycles. The molecule has 1 saturated carbocycles. The molecule has 3 aliphatic rings. The number of thiophene rings is 1. The molecule has 2 N–H and O–H groups in total. The normalized spacial score (nSPS) is 23.7. The lowest BCUT2D eigenvalue weighted by molar-refractivity contribution is -0.133. The van der Waals surface area contributed by atoms with Crippen molar-refractivity contribution >= 4 is 29.1 Å². The summed E-state index contributed by atoms with van der Waals surface area (Å²) < 4.78 is 14.9. The lowest BCUT2D eigenvalue weighted by Crippen LogP contribution is -2.50. The lowest BCUT2D eigenvalue weighted by Gasteiger charge is -2.31. The molecule has 1 aromatic carbocycles. The van der Waals surface area contributed by atoms with Gasteiger partial charge in [-0.25, -0.2) is 4.39 Å². The highest BCUT2D eigenvalue weighted by Crippen LogP contribution is 2.35. The first-order chi connectivity index (χ1) is 17.8. The van der Waals surface area contributed by atoms with Crippen molar-refractivity contribution in [2.75, 3.05) is 26.7 Å². The molecular formula is C27H30FN5O3S. The van der Waals surface area contributed by atoms with E-state index in [1.54, 1.807) is 35.0 Å². The average Bonchev–Trinajstić information content (AvgIpc) is 3.66. The van der Waals surface area contributed by atoms with Crippen LogP contribution in [0.15, 0.2) is 29.6 Å². The Morgan fingerprint density at radius 1 is 1.27 bits per heavy atom. The smallest absolute Gasteiger partial charge is 0.264 e. The number of piperazine rings is 1. The van der Waals surface area contributed by atoms with E-state index in [0.29, 0.717) is 53.9 Å². The fourth-order valence-corrected chi connectivity index (χ4v) is 6.38. The molecule has 0 radical (unpaired) electrons. The van der Waals surface area contributed by atoms with Gasteiger partial charge in [0.15, 0.2) is 0 Å². The highest BCUT2D eigenvalue weighted by molar-refractivity contribution is 7.12. The maximum Gasteiger partial charge on any atom is 0.264 e. The van der Waals surface area contributed by atoms with Crippen molar-refractivity contribution in [3.8, 4) is 17.2 Å². The zero-order chi connectivity index (χ0) is 26.1. The van der Waals surface area contributed by atoms with Crippen LogP contribution in [0.4, 0.5) is 4.39 Å². The van der Waals surface area contributed by atoms with Gasteiger partial charge in [0.05, 0.1) is 17.0 Å². The molecule has 5 rings (SSSR count). The minimum Gasteiger partial charge on any atom is -0.342 e. The van der Waals surface area contributed by atoms with Crippen molar-refractivity contribution in [1.82, 2.24) is 20.4 Å². The standard InChI is InChI=1S/C27H30FN5O3S/c1-32-8-9-33(14-24(32)34)27(36)23-12-19(15-37-23)17-3-2-16(22(28)11-17)4-7-21(13-29)31-26(35)25-18-5-6-20(10-18)30-25/h2-3,11-12,15,18,20-21,25,30H,4-10,14H2,1H3,(H,31,35). The Labute approximate surface area is 219 Å². The van der Waals surface area contributed by atoms with E-state index in [9.17, 15) is 24.0 Å². The van der Waals surface area contributed by atoms with Crippen molar-refractivity contribution in [2.45, 2.75) is 50.2 Å². The number of fused-ring (bicyclic) bond motifs is 2. The predicted molar refractivity (Wildman–Crippen MR) is 137 cm³/mol. The van der Waals surface area contributed by atoms with Crippen LogP contribution in [0.2, 0.25) is 0 Å². The Morgan fingerprint density at radius 3 is 2.78 bits per heavy atom. The van der Waals surface area contributed by atoms with Gasteiger partial charge >= 0.3 is 0 Å². The van der Waals surface area contributed by atoms with Gasteiger partial charge in [-0.15, -0.1) is 11.3 Å². The van der Waals surface area contributed by atoms with Crippen molar-refractivity contribution < 1.29 is 18.8 Å². The Balaban J connectivity index is 1.18. The second kappa shape index (κ2) is 10.6. The number of nitriles is 1. The molecule has 2 aromatic rings. The highest BCUT2D eigenvalue weighted by atomic mass is 32.1. The van der Waals surface area contributed by atoms with Crippen molar-refractivity contribution in [1.29, 1.82) is 5.26 Å². The Hall–Kier alpha value is -3.29. The molecular weight excluding hydrogens is 493 g/mol. The van der Waals surface area contributed by atoms with Crippen LogP contribution in [0.1, 0.15) is 40.9 Å². The van der Waals surface area contributed by atoms with Gasteiger partial charge in [-0.05, 0) is 72.2 Å². The van der Waals surface area contributed by atoms with E-state index < -0.39 is 6.04 Å². The number of hydrogen-bond donors (Lipinski definition) is 2. The SMILES string of the molecule is CN1CCN(C(=O)c2cc(-c3ccc(CCC(C#N)NC(=O)C4NC5CCC4C5)c(F)c3)cs2)CC1=O. The Bertz CT molecular complexity index is 1260. The van der Waals surface area contributed by atoms with Crippen molar-refractivity contribution in [2.24, 2.45) is 5.92 Å². The maximum atomic E-state index is 14.9. The summed E-state index contributed by atoms with van der Waals surface area (Å²) in [7, 11) is 1.72. The molecule has 4 unspecified atom stereocenters. The molecule has 1 aliphatic carbocycles. The number of nitrogens with one attached hydrogen (secondary N) is 2. The first kappa shape index (κ1) is 25.4. The summed E-state index contributed by atoms with van der Waals surface area (Å²) in [6.07, 6.45) is 3.80. The molecule has 2 bridgehead atoms. The third kappa shape index (κ3) is 5.38. The molecule has 2 aliphatic heterocycles. The van der Waals surface area contributed by atoms with Crippen LogP contribution in [0, 0.1) is 23.1 Å². The van der Waals surface area contributed by atoms with E-state index in [-0.39, 0.29) is 36.1 Å². The Morgan fingerprint density at radius 2 is 2.11 bits per heavy atom. The van der Waals surface area contributed by atoms with Gasteiger partial charge in [0.2, 0.25) is 11.8 Å². The molecule has 3 fully saturated rings. The molecule has 3 amide bonds. The number of aryl methyl sites for hydroxylation is 1. The quantitative estimate of drug-likeness (QED) is 0.580. The molecule has 3 heterocycles. The minimum atomic E-state index is -0.681. The molecule has 8 nitrogen and oxygen atoms in total. The van der Waals surface area contributed by atoms with Crippen molar-refractivity contribution in [3.63, 3.8) is 0 Å². The molecule has 0 spiro atoms. The third-order valence-electron chi connectivity index (χ3n) is 7.76. The number of carbonyl (C=O) groups is 3. The number of nitrogens with zero attached hydrogens (tertiary/aromatic N) is 3. The predicted octanol–water partition coefficient (Wildman–Crippen LogP) is 2.55. The summed E-state index contributed by atoms with van der Waals surface area (Å²) in [5, 5.41) is 17.5. The van der Waals surface area contributed by atoms with Gasteiger partial charge in [-0.1, -0.05) is 12.1 Å². The van der Waals surface area contributed by atoms with Crippen LogP contribution < -0.4 is 10.6 Å². The number of amides is 3. The van der Waals surface area contributed by atoms with Gasteiger partial charge < -0.3 is 20.4 Å². The summed E-state index contributed by atoms with van der Waals surface area (Å²) in [4.78, 5) is 41.0. The average molecular weight is 524 g/mol. The molecule has 37 heavy (non-hydrogen) atoms. The number of piperidine rings is 1. The molecule has 4 atom stereocenters. The topological polar surface area (TPSA) is 106 Å². The van der Waals surface area contributed by atoms with Crippen LogP contribution in [0.25, 0.3) is 11.1 Å². The Kier molecular flexibility index (Phi) is 7.26. The number of benzene rings is 1. The highest BCUT2D eigenvalue weighted by Gasteiger charge is 2.43. The number of likely N-dealkylation sites (N-methyl/N-ethyl adjacent to an activating group) is 1. The van der Waals surface area contributed by atoms with E-state index >= 15 is 0 Å². The second-order valence-electron chi connectivity index (χ2n) is 10.2. The first-order valence-electron chi connectivity index (χ1n) is 12.7. The first-order valence-corrected chi connectivity index (χ1v) is 13.6. The third-order valence-corrected chi connectivity index (χ3v) is 8.68. The summed E-state index contributed by atoms with van der Waals surface area (Å²) >= 11 is 1.28. The summed E-state index contributed by atoms with van der Waals surface area (Å²) in [6.45, 7) is 1.05. The minimum absolute atomic E-state index is 0.0638. The van der Waals surface area contributed by atoms with E-state index in [4.69, 9.17) is 0 Å². The van der Waals surface area contributed by atoms with E-state index in [0.717, 1.165) is 24.8 Å². The van der Waals surface area contributed by atoms with Crippen LogP contribution in [0.3, 0.4) is 0 Å². The fraction of sp³-hybridized carbons (Fsp3) is 0.481. The number of carbonyl (C=O) groups excluding carboxylic acids is 3. The van der Waals surface area contributed by atoms with Gasteiger partial charge in [-0.2, -0.15) is 5.26 Å². The zero-order valence-electron chi connectivity index (χ0n) is 20.7. The zero-order valence-corrected chi connectivity index (χ0v) is 21.5. The summed E-state index contributed by atoms with van der Waals surface area (Å²) in [5.74, 6) is -0.474. The van der Waals surface area contributed by atoms with Crippen LogP contribution in [0.5, 0.6) is 0 Å². The van der Waals surface area contributed by atoms with Crippen LogP contribution in [-0.4, -0.2) is 72.3 Å². The van der Waals surface area contributed by atoms with E-state index in [1.807, 2.05) is 5.38 Å². The summed E-state index contributed by atoms with van der Waals surface area (Å²) in [6, 6.07) is 8.28. The van der Waals surface area contributed by atoms with Crippen LogP contribution in [-0.2, 0) is 16.0 Å². The van der Waals surface area contributed by atoms with Gasteiger partial charge in [0, 0.05) is 26.2 Å². The van der Waals surface area contributed by atoms with E-state index in [2.05, 4.69) is 16.7 Å². The monoisotopic (exact) mass is 523 g/mol. The number of hydrogen-bond acceptors (Lipinski definition) is 6.